The van der Waals surface area contributed by atoms with Crippen LogP contribution in [0.4, 0.5) is 4.39 Å². The summed E-state index contributed by atoms with van der Waals surface area (Å²) in [5, 5.41) is 7.59. The van der Waals surface area contributed by atoms with Gasteiger partial charge in [-0.1, -0.05) is 17.5 Å². The summed E-state index contributed by atoms with van der Waals surface area (Å²) >= 11 is 4.66. The summed E-state index contributed by atoms with van der Waals surface area (Å²) < 4.78 is 17.8. The SMILES string of the molecule is CCCNC(Cc1ccc(F)c(Br)c1)c1snnc1C. The van der Waals surface area contributed by atoms with E-state index in [1.807, 2.05) is 19.1 Å². The van der Waals surface area contributed by atoms with Crippen molar-refractivity contribution in [3.63, 3.8) is 0 Å². The predicted molar refractivity (Wildman–Crippen MR) is 83.5 cm³/mol. The molecule has 0 saturated heterocycles. The van der Waals surface area contributed by atoms with E-state index in [9.17, 15) is 4.39 Å². The van der Waals surface area contributed by atoms with Gasteiger partial charge in [-0.25, -0.2) is 4.39 Å². The molecular formula is C14H17BrFN3S. The molecule has 0 bridgehead atoms. The molecule has 3 nitrogen and oxygen atoms in total. The number of rotatable bonds is 6. The fraction of sp³-hybridized carbons (Fsp3) is 0.429. The first kappa shape index (κ1) is 15.5. The smallest absolute Gasteiger partial charge is 0.137 e. The van der Waals surface area contributed by atoms with Crippen LogP contribution >= 0.6 is 27.5 Å². The maximum Gasteiger partial charge on any atom is 0.137 e. The molecule has 108 valence electrons. The lowest BCUT2D eigenvalue weighted by Gasteiger charge is -2.17. The Labute approximate surface area is 130 Å². The molecule has 1 unspecified atom stereocenters. The van der Waals surface area contributed by atoms with E-state index in [-0.39, 0.29) is 11.9 Å². The summed E-state index contributed by atoms with van der Waals surface area (Å²) in [4.78, 5) is 1.15. The molecule has 0 saturated carbocycles. The maximum atomic E-state index is 13.3. The average molecular weight is 358 g/mol. The van der Waals surface area contributed by atoms with Crippen LogP contribution in [0.2, 0.25) is 0 Å². The molecule has 2 aromatic rings. The Balaban J connectivity index is 2.19. The van der Waals surface area contributed by atoms with Crippen LogP contribution < -0.4 is 5.32 Å². The van der Waals surface area contributed by atoms with Crippen molar-refractivity contribution in [1.82, 2.24) is 14.9 Å². The van der Waals surface area contributed by atoms with Crippen molar-refractivity contribution in [1.29, 1.82) is 0 Å². The lowest BCUT2D eigenvalue weighted by Crippen LogP contribution is -2.24. The normalized spacial score (nSPS) is 12.6. The van der Waals surface area contributed by atoms with E-state index in [1.165, 1.54) is 17.6 Å². The minimum absolute atomic E-state index is 0.173. The number of nitrogens with zero attached hydrogens (tertiary/aromatic N) is 2. The van der Waals surface area contributed by atoms with Crippen LogP contribution in [-0.4, -0.2) is 16.1 Å². The molecule has 0 aliphatic rings. The third-order valence-electron chi connectivity index (χ3n) is 3.07. The average Bonchev–Trinajstić information content (AvgIpc) is 2.85. The second-order valence-corrected chi connectivity index (χ2v) is 6.32. The van der Waals surface area contributed by atoms with Crippen molar-refractivity contribution in [2.45, 2.75) is 32.7 Å². The first-order valence-corrected chi connectivity index (χ1v) is 8.14. The molecule has 1 aromatic carbocycles. The first-order chi connectivity index (χ1) is 9.61. The topological polar surface area (TPSA) is 37.8 Å². The zero-order valence-electron chi connectivity index (χ0n) is 11.5. The summed E-state index contributed by atoms with van der Waals surface area (Å²) in [6.07, 6.45) is 1.86. The Kier molecular flexibility index (Phi) is 5.63. The minimum atomic E-state index is -0.234. The fourth-order valence-corrected chi connectivity index (χ4v) is 3.18. The van der Waals surface area contributed by atoms with Crippen LogP contribution in [0.15, 0.2) is 22.7 Å². The monoisotopic (exact) mass is 357 g/mol. The molecule has 0 fully saturated rings. The van der Waals surface area contributed by atoms with E-state index in [2.05, 4.69) is 37.8 Å². The molecule has 20 heavy (non-hydrogen) atoms. The van der Waals surface area contributed by atoms with Gasteiger partial charge in [0.15, 0.2) is 0 Å². The van der Waals surface area contributed by atoms with Crippen molar-refractivity contribution in [2.75, 3.05) is 6.54 Å². The van der Waals surface area contributed by atoms with Crippen LogP contribution in [-0.2, 0) is 6.42 Å². The molecule has 0 radical (unpaired) electrons. The van der Waals surface area contributed by atoms with Gasteiger partial charge in [0.1, 0.15) is 5.82 Å². The second kappa shape index (κ2) is 7.24. The number of aryl methyl sites for hydroxylation is 1. The fourth-order valence-electron chi connectivity index (χ4n) is 2.04. The molecule has 0 spiro atoms. The van der Waals surface area contributed by atoms with E-state index < -0.39 is 0 Å². The van der Waals surface area contributed by atoms with E-state index in [0.717, 1.165) is 35.5 Å². The largest absolute Gasteiger partial charge is 0.309 e. The van der Waals surface area contributed by atoms with Crippen LogP contribution in [0.5, 0.6) is 0 Å². The zero-order chi connectivity index (χ0) is 14.5. The highest BCUT2D eigenvalue weighted by molar-refractivity contribution is 9.10. The first-order valence-electron chi connectivity index (χ1n) is 6.58. The molecule has 1 atom stereocenters. The third-order valence-corrected chi connectivity index (χ3v) is 4.62. The number of aromatic nitrogens is 2. The molecule has 0 amide bonds. The lowest BCUT2D eigenvalue weighted by atomic mass is 10.0. The maximum absolute atomic E-state index is 13.3. The number of hydrogen-bond acceptors (Lipinski definition) is 4. The number of hydrogen-bond donors (Lipinski definition) is 1. The Morgan fingerprint density at radius 2 is 2.25 bits per heavy atom. The molecule has 1 aromatic heterocycles. The van der Waals surface area contributed by atoms with Gasteiger partial charge in [-0.05, 0) is 71.5 Å². The number of benzene rings is 1. The van der Waals surface area contributed by atoms with Gasteiger partial charge in [0.2, 0.25) is 0 Å². The van der Waals surface area contributed by atoms with E-state index in [0.29, 0.717) is 4.47 Å². The van der Waals surface area contributed by atoms with Crippen LogP contribution in [0.25, 0.3) is 0 Å². The molecule has 1 heterocycles. The van der Waals surface area contributed by atoms with Gasteiger partial charge in [-0.3, -0.25) is 0 Å². The van der Waals surface area contributed by atoms with Crippen LogP contribution in [0, 0.1) is 12.7 Å². The van der Waals surface area contributed by atoms with E-state index in [1.54, 1.807) is 0 Å². The minimum Gasteiger partial charge on any atom is -0.309 e. The van der Waals surface area contributed by atoms with Gasteiger partial charge in [0, 0.05) is 6.04 Å². The Morgan fingerprint density at radius 3 is 2.85 bits per heavy atom. The van der Waals surface area contributed by atoms with Crippen molar-refractivity contribution in [2.24, 2.45) is 0 Å². The Hall–Kier alpha value is -0.850. The molecule has 0 aliphatic carbocycles. The molecule has 1 N–H and O–H groups in total. The molecular weight excluding hydrogens is 341 g/mol. The summed E-state index contributed by atoms with van der Waals surface area (Å²) in [6.45, 7) is 5.04. The van der Waals surface area contributed by atoms with Crippen LogP contribution in [0.3, 0.4) is 0 Å². The Morgan fingerprint density at radius 1 is 1.45 bits per heavy atom. The summed E-state index contributed by atoms with van der Waals surface area (Å²) in [5.74, 6) is -0.234. The van der Waals surface area contributed by atoms with E-state index in [4.69, 9.17) is 0 Å². The molecule has 2 rings (SSSR count). The van der Waals surface area contributed by atoms with Crippen molar-refractivity contribution in [3.05, 3.63) is 44.6 Å². The highest BCUT2D eigenvalue weighted by atomic mass is 79.9. The van der Waals surface area contributed by atoms with E-state index >= 15 is 0 Å². The van der Waals surface area contributed by atoms with Crippen molar-refractivity contribution < 1.29 is 4.39 Å². The van der Waals surface area contributed by atoms with Gasteiger partial charge >= 0.3 is 0 Å². The number of nitrogens with one attached hydrogen (secondary N) is 1. The van der Waals surface area contributed by atoms with Gasteiger partial charge in [-0.2, -0.15) is 0 Å². The quantitative estimate of drug-likeness (QED) is 0.847. The number of halogens is 2. The van der Waals surface area contributed by atoms with Crippen LogP contribution in [0.1, 0.15) is 35.5 Å². The van der Waals surface area contributed by atoms with Crippen molar-refractivity contribution >= 4 is 27.5 Å². The highest BCUT2D eigenvalue weighted by Gasteiger charge is 2.17. The van der Waals surface area contributed by atoms with Gasteiger partial charge in [0.05, 0.1) is 15.0 Å². The second-order valence-electron chi connectivity index (χ2n) is 4.68. The molecule has 6 heteroatoms. The highest BCUT2D eigenvalue weighted by Crippen LogP contribution is 2.25. The summed E-state index contributed by atoms with van der Waals surface area (Å²) in [7, 11) is 0. The predicted octanol–water partition coefficient (Wildman–Crippen LogP) is 4.03. The summed E-state index contributed by atoms with van der Waals surface area (Å²) in [5.41, 5.74) is 2.05. The standard InChI is InChI=1S/C14H17BrFN3S/c1-3-6-17-13(14-9(2)18-19-20-14)8-10-4-5-12(16)11(15)7-10/h4-5,7,13,17H,3,6,8H2,1-2H3. The van der Waals surface area contributed by atoms with Crippen molar-refractivity contribution in [3.8, 4) is 0 Å². The third kappa shape index (κ3) is 3.84. The summed E-state index contributed by atoms with van der Waals surface area (Å²) in [6, 6.07) is 5.32. The molecule has 0 aliphatic heterocycles. The lowest BCUT2D eigenvalue weighted by molar-refractivity contribution is 0.532. The Bertz CT molecular complexity index is 573. The zero-order valence-corrected chi connectivity index (χ0v) is 13.9. The van der Waals surface area contributed by atoms with Gasteiger partial charge in [0.25, 0.3) is 0 Å². The van der Waals surface area contributed by atoms with Gasteiger partial charge < -0.3 is 5.32 Å². The van der Waals surface area contributed by atoms with Gasteiger partial charge in [-0.15, -0.1) is 5.10 Å².